The van der Waals surface area contributed by atoms with E-state index in [1.807, 2.05) is 13.8 Å². The summed E-state index contributed by atoms with van der Waals surface area (Å²) in [5.41, 5.74) is 2.11. The lowest BCUT2D eigenvalue weighted by Gasteiger charge is -2.18. The van der Waals surface area contributed by atoms with Crippen LogP contribution in [0.3, 0.4) is 0 Å². The molecular formula is C17H21N5OS. The van der Waals surface area contributed by atoms with Crippen LogP contribution >= 0.6 is 11.3 Å². The number of aromatic nitrogens is 4. The van der Waals surface area contributed by atoms with Crippen molar-refractivity contribution >= 4 is 33.1 Å². The van der Waals surface area contributed by atoms with Crippen LogP contribution in [-0.2, 0) is 6.42 Å². The predicted molar refractivity (Wildman–Crippen MR) is 94.7 cm³/mol. The lowest BCUT2D eigenvalue weighted by Crippen LogP contribution is -2.32. The highest BCUT2D eigenvalue weighted by molar-refractivity contribution is 7.19. The van der Waals surface area contributed by atoms with Gasteiger partial charge in [0.15, 0.2) is 5.65 Å². The second kappa shape index (κ2) is 5.81. The van der Waals surface area contributed by atoms with E-state index in [-0.39, 0.29) is 17.8 Å². The van der Waals surface area contributed by atoms with Gasteiger partial charge in [-0.3, -0.25) is 4.79 Å². The molecule has 3 aromatic heterocycles. The molecule has 0 radical (unpaired) electrons. The first-order valence-electron chi connectivity index (χ1n) is 8.56. The lowest BCUT2D eigenvalue weighted by molar-refractivity contribution is 0.0929. The molecule has 1 aliphatic carbocycles. The van der Waals surface area contributed by atoms with E-state index >= 15 is 0 Å². The third-order valence-electron chi connectivity index (χ3n) is 4.87. The van der Waals surface area contributed by atoms with E-state index in [1.165, 1.54) is 23.3 Å². The van der Waals surface area contributed by atoms with Gasteiger partial charge >= 0.3 is 0 Å². The highest BCUT2D eigenvalue weighted by Gasteiger charge is 2.26. The van der Waals surface area contributed by atoms with Crippen LogP contribution in [0.1, 0.15) is 67.0 Å². The second-order valence-corrected chi connectivity index (χ2v) is 7.73. The Labute approximate surface area is 144 Å². The molecule has 1 N–H and O–H groups in total. The van der Waals surface area contributed by atoms with E-state index in [0.29, 0.717) is 5.92 Å². The fourth-order valence-electron chi connectivity index (χ4n) is 3.37. The molecule has 126 valence electrons. The Morgan fingerprint density at radius 3 is 3.17 bits per heavy atom. The van der Waals surface area contributed by atoms with Gasteiger partial charge in [0.2, 0.25) is 5.82 Å². The molecule has 2 atom stereocenters. The molecule has 6 nitrogen and oxygen atoms in total. The summed E-state index contributed by atoms with van der Waals surface area (Å²) in [5.74, 6) is 0.496. The Bertz CT molecular complexity index is 928. The second-order valence-electron chi connectivity index (χ2n) is 6.64. The molecule has 3 heterocycles. The number of aryl methyl sites for hydroxylation is 1. The van der Waals surface area contributed by atoms with Gasteiger partial charge in [-0.2, -0.15) is 0 Å². The molecule has 0 aliphatic heterocycles. The van der Waals surface area contributed by atoms with Gasteiger partial charge in [-0.15, -0.1) is 16.4 Å². The Kier molecular flexibility index (Phi) is 3.75. The third kappa shape index (κ3) is 2.38. The molecule has 24 heavy (non-hydrogen) atoms. The quantitative estimate of drug-likeness (QED) is 0.792. The Morgan fingerprint density at radius 1 is 1.54 bits per heavy atom. The predicted octanol–water partition coefficient (Wildman–Crippen LogP) is 3.31. The summed E-state index contributed by atoms with van der Waals surface area (Å²) in [6.07, 6.45) is 6.07. The SMILES string of the molecule is CC[C@H](C)NC(=O)c1nc2c3c4c(sc3ncn2n1)CCC[C@@H]4C. The van der Waals surface area contributed by atoms with Crippen LogP contribution in [-0.4, -0.2) is 31.5 Å². The molecule has 1 aliphatic rings. The van der Waals surface area contributed by atoms with Crippen molar-refractivity contribution in [2.75, 3.05) is 0 Å². The first kappa shape index (κ1) is 15.5. The largest absolute Gasteiger partial charge is 0.347 e. The summed E-state index contributed by atoms with van der Waals surface area (Å²) in [6.45, 7) is 6.28. The number of carbonyl (C=O) groups excluding carboxylic acids is 1. The van der Waals surface area contributed by atoms with Crippen LogP contribution in [0, 0.1) is 0 Å². The van der Waals surface area contributed by atoms with Crippen LogP contribution in [0.2, 0.25) is 0 Å². The number of rotatable bonds is 3. The number of thiophene rings is 1. The Balaban J connectivity index is 1.86. The van der Waals surface area contributed by atoms with Crippen molar-refractivity contribution < 1.29 is 4.79 Å². The third-order valence-corrected chi connectivity index (χ3v) is 6.04. The summed E-state index contributed by atoms with van der Waals surface area (Å²) in [4.78, 5) is 23.9. The van der Waals surface area contributed by atoms with Crippen molar-refractivity contribution in [3.63, 3.8) is 0 Å². The molecule has 0 unspecified atom stereocenters. The summed E-state index contributed by atoms with van der Waals surface area (Å²) in [7, 11) is 0. The molecule has 1 amide bonds. The molecule has 0 saturated carbocycles. The van der Waals surface area contributed by atoms with Crippen molar-refractivity contribution in [2.24, 2.45) is 0 Å². The first-order chi connectivity index (χ1) is 11.6. The lowest BCUT2D eigenvalue weighted by atomic mass is 9.87. The monoisotopic (exact) mass is 343 g/mol. The van der Waals surface area contributed by atoms with E-state index in [4.69, 9.17) is 0 Å². The maximum absolute atomic E-state index is 12.3. The minimum atomic E-state index is -0.224. The molecule has 0 spiro atoms. The van der Waals surface area contributed by atoms with Crippen LogP contribution in [0.15, 0.2) is 6.33 Å². The van der Waals surface area contributed by atoms with Crippen LogP contribution in [0.4, 0.5) is 0 Å². The van der Waals surface area contributed by atoms with Crippen molar-refractivity contribution in [1.82, 2.24) is 24.9 Å². The highest BCUT2D eigenvalue weighted by atomic mass is 32.1. The van der Waals surface area contributed by atoms with Crippen LogP contribution < -0.4 is 5.32 Å². The fraction of sp³-hybridized carbons (Fsp3) is 0.529. The Morgan fingerprint density at radius 2 is 2.38 bits per heavy atom. The van der Waals surface area contributed by atoms with E-state index in [1.54, 1.807) is 22.2 Å². The summed E-state index contributed by atoms with van der Waals surface area (Å²) in [6, 6.07) is 0.108. The van der Waals surface area contributed by atoms with E-state index in [9.17, 15) is 4.79 Å². The van der Waals surface area contributed by atoms with Gasteiger partial charge in [0, 0.05) is 10.9 Å². The molecule has 7 heteroatoms. The molecule has 3 aromatic rings. The number of hydrogen-bond donors (Lipinski definition) is 1. The normalized spacial score (nSPS) is 18.7. The first-order valence-corrected chi connectivity index (χ1v) is 9.37. The minimum absolute atomic E-state index is 0.108. The number of fused-ring (bicyclic) bond motifs is 5. The molecular weight excluding hydrogens is 322 g/mol. The number of nitrogens with zero attached hydrogens (tertiary/aromatic N) is 4. The van der Waals surface area contributed by atoms with E-state index in [2.05, 4.69) is 27.3 Å². The van der Waals surface area contributed by atoms with E-state index in [0.717, 1.165) is 28.7 Å². The summed E-state index contributed by atoms with van der Waals surface area (Å²) in [5, 5.41) is 8.35. The zero-order chi connectivity index (χ0) is 16.8. The van der Waals surface area contributed by atoms with Gasteiger partial charge < -0.3 is 5.32 Å². The van der Waals surface area contributed by atoms with Crippen LogP contribution in [0.25, 0.3) is 15.9 Å². The number of carbonyl (C=O) groups is 1. The maximum atomic E-state index is 12.3. The number of nitrogens with one attached hydrogen (secondary N) is 1. The topological polar surface area (TPSA) is 72.2 Å². The van der Waals surface area contributed by atoms with Crippen molar-refractivity contribution in [3.05, 3.63) is 22.6 Å². The highest BCUT2D eigenvalue weighted by Crippen LogP contribution is 2.42. The smallest absolute Gasteiger partial charge is 0.291 e. The van der Waals surface area contributed by atoms with Gasteiger partial charge in [-0.25, -0.2) is 14.5 Å². The zero-order valence-corrected chi connectivity index (χ0v) is 15.0. The summed E-state index contributed by atoms with van der Waals surface area (Å²) < 4.78 is 1.64. The number of hydrogen-bond acceptors (Lipinski definition) is 5. The average Bonchev–Trinajstić information content (AvgIpc) is 3.15. The molecule has 0 bridgehead atoms. The average molecular weight is 343 g/mol. The van der Waals surface area contributed by atoms with Gasteiger partial charge in [0.05, 0.1) is 5.39 Å². The van der Waals surface area contributed by atoms with Crippen molar-refractivity contribution in [1.29, 1.82) is 0 Å². The molecule has 0 saturated heterocycles. The fourth-order valence-corrected chi connectivity index (χ4v) is 4.67. The number of amides is 1. The van der Waals surface area contributed by atoms with Gasteiger partial charge in [-0.1, -0.05) is 13.8 Å². The minimum Gasteiger partial charge on any atom is -0.347 e. The van der Waals surface area contributed by atoms with Crippen LogP contribution in [0.5, 0.6) is 0 Å². The zero-order valence-electron chi connectivity index (χ0n) is 14.2. The van der Waals surface area contributed by atoms with E-state index < -0.39 is 0 Å². The maximum Gasteiger partial charge on any atom is 0.291 e. The van der Waals surface area contributed by atoms with Gasteiger partial charge in [0.1, 0.15) is 11.2 Å². The Hall–Kier alpha value is -2.02. The molecule has 0 aromatic carbocycles. The van der Waals surface area contributed by atoms with Gasteiger partial charge in [-0.05, 0) is 44.1 Å². The van der Waals surface area contributed by atoms with Gasteiger partial charge in [0.25, 0.3) is 5.91 Å². The molecule has 4 rings (SSSR count). The summed E-state index contributed by atoms with van der Waals surface area (Å²) >= 11 is 1.76. The van der Waals surface area contributed by atoms with Crippen molar-refractivity contribution in [2.45, 2.75) is 58.4 Å². The van der Waals surface area contributed by atoms with Crippen molar-refractivity contribution in [3.8, 4) is 0 Å². The molecule has 0 fully saturated rings. The standard InChI is InChI=1S/C17H21N5OS/c1-4-10(3)19-16(23)14-20-15-13-12-9(2)6-5-7-11(12)24-17(13)18-8-22(15)21-14/h8-10H,4-7H2,1-3H3,(H,19,23)/t9-,10-/m0/s1.